The smallest absolute Gasteiger partial charge is 0.244 e. The minimum atomic E-state index is -3.52. The normalized spacial score (nSPS) is 22.8. The van der Waals surface area contributed by atoms with Gasteiger partial charge >= 0.3 is 0 Å². The number of aryl methyl sites for hydroxylation is 1. The predicted molar refractivity (Wildman–Crippen MR) is 86.0 cm³/mol. The molecule has 2 atom stereocenters. The molecule has 3 N–H and O–H groups in total. The molecule has 2 rings (SSSR count). The van der Waals surface area contributed by atoms with Crippen molar-refractivity contribution in [1.82, 2.24) is 20.2 Å². The number of thioether (sulfide) groups is 1. The van der Waals surface area contributed by atoms with Gasteiger partial charge in [0, 0.05) is 17.8 Å². The van der Waals surface area contributed by atoms with Gasteiger partial charge in [0.2, 0.25) is 10.0 Å². The lowest BCUT2D eigenvalue weighted by molar-refractivity contribution is 0.550. The summed E-state index contributed by atoms with van der Waals surface area (Å²) in [5.74, 6) is 0. The van der Waals surface area contributed by atoms with Crippen LogP contribution in [0.15, 0.2) is 4.90 Å². The number of H-pyrrole nitrogens is 1. The predicted octanol–water partition coefficient (Wildman–Crippen LogP) is 1.39. The second-order valence-corrected chi connectivity index (χ2v) is 8.18. The average Bonchev–Trinajstić information content (AvgIpc) is 3.02. The van der Waals surface area contributed by atoms with Gasteiger partial charge in [-0.05, 0) is 39.0 Å². The largest absolute Gasteiger partial charge is 0.311 e. The summed E-state index contributed by atoms with van der Waals surface area (Å²) in [5.41, 5.74) is 1.15. The SMILES string of the molecule is CCNCc1n[nH]c(C)c1S(=O)(=O)NC1CCC(SC)C1. The van der Waals surface area contributed by atoms with Crippen LogP contribution in [-0.4, -0.2) is 42.7 Å². The number of rotatable bonds is 7. The zero-order valence-electron chi connectivity index (χ0n) is 12.8. The molecule has 0 amide bonds. The van der Waals surface area contributed by atoms with Crippen LogP contribution >= 0.6 is 11.8 Å². The monoisotopic (exact) mass is 332 g/mol. The third-order valence-corrected chi connectivity index (χ3v) is 6.63. The van der Waals surface area contributed by atoms with Crippen LogP contribution in [0.4, 0.5) is 0 Å². The minimum Gasteiger partial charge on any atom is -0.311 e. The van der Waals surface area contributed by atoms with Gasteiger partial charge in [0.15, 0.2) is 0 Å². The molecule has 0 bridgehead atoms. The molecule has 1 aliphatic rings. The molecule has 1 aromatic rings. The topological polar surface area (TPSA) is 86.9 Å². The average molecular weight is 332 g/mol. The van der Waals surface area contributed by atoms with Gasteiger partial charge in [0.05, 0.1) is 11.4 Å². The van der Waals surface area contributed by atoms with Gasteiger partial charge < -0.3 is 5.32 Å². The van der Waals surface area contributed by atoms with Crippen molar-refractivity contribution in [3.63, 3.8) is 0 Å². The van der Waals surface area contributed by atoms with Gasteiger partial charge in [-0.1, -0.05) is 6.92 Å². The van der Waals surface area contributed by atoms with E-state index in [2.05, 4.69) is 26.5 Å². The van der Waals surface area contributed by atoms with E-state index in [0.717, 1.165) is 25.8 Å². The Bertz CT molecular complexity index is 571. The van der Waals surface area contributed by atoms with Crippen molar-refractivity contribution in [2.75, 3.05) is 12.8 Å². The van der Waals surface area contributed by atoms with Crippen LogP contribution < -0.4 is 10.0 Å². The highest BCUT2D eigenvalue weighted by Gasteiger charge is 2.31. The van der Waals surface area contributed by atoms with Crippen molar-refractivity contribution in [2.24, 2.45) is 0 Å². The summed E-state index contributed by atoms with van der Waals surface area (Å²) in [6.07, 6.45) is 4.96. The van der Waals surface area contributed by atoms with E-state index >= 15 is 0 Å². The summed E-state index contributed by atoms with van der Waals surface area (Å²) < 4.78 is 28.1. The minimum absolute atomic E-state index is 0.0359. The quantitative estimate of drug-likeness (QED) is 0.702. The zero-order chi connectivity index (χ0) is 15.5. The molecule has 1 saturated carbocycles. The highest BCUT2D eigenvalue weighted by Crippen LogP contribution is 2.29. The van der Waals surface area contributed by atoms with Gasteiger partial charge in [-0.25, -0.2) is 13.1 Å². The van der Waals surface area contributed by atoms with E-state index in [1.54, 1.807) is 6.92 Å². The Balaban J connectivity index is 2.14. The van der Waals surface area contributed by atoms with E-state index in [0.29, 0.717) is 28.1 Å². The first-order valence-electron chi connectivity index (χ1n) is 7.27. The van der Waals surface area contributed by atoms with Crippen molar-refractivity contribution in [3.8, 4) is 0 Å². The lowest BCUT2D eigenvalue weighted by Crippen LogP contribution is -2.34. The highest BCUT2D eigenvalue weighted by molar-refractivity contribution is 7.99. The molecule has 0 spiro atoms. The third kappa shape index (κ3) is 4.00. The molecule has 0 saturated heterocycles. The molecule has 0 aliphatic heterocycles. The highest BCUT2D eigenvalue weighted by atomic mass is 32.2. The molecule has 6 nitrogen and oxygen atoms in total. The Hall–Kier alpha value is -0.570. The van der Waals surface area contributed by atoms with Gasteiger partial charge in [0.1, 0.15) is 4.90 Å². The van der Waals surface area contributed by atoms with E-state index in [4.69, 9.17) is 0 Å². The van der Waals surface area contributed by atoms with Gasteiger partial charge in [0.25, 0.3) is 0 Å². The van der Waals surface area contributed by atoms with Crippen molar-refractivity contribution < 1.29 is 8.42 Å². The molecule has 1 aliphatic carbocycles. The molecular formula is C13H24N4O2S2. The van der Waals surface area contributed by atoms with E-state index in [1.807, 2.05) is 18.7 Å². The summed E-state index contributed by atoms with van der Waals surface area (Å²) in [4.78, 5) is 0.302. The number of hydrogen-bond donors (Lipinski definition) is 3. The maximum Gasteiger partial charge on any atom is 0.244 e. The lowest BCUT2D eigenvalue weighted by Gasteiger charge is -2.14. The van der Waals surface area contributed by atoms with Crippen LogP contribution in [0.5, 0.6) is 0 Å². The Kier molecular flexibility index (Phi) is 5.70. The summed E-state index contributed by atoms with van der Waals surface area (Å²) in [5, 5.41) is 10.6. The molecule has 2 unspecified atom stereocenters. The summed E-state index contributed by atoms with van der Waals surface area (Å²) in [7, 11) is -3.52. The summed E-state index contributed by atoms with van der Waals surface area (Å²) >= 11 is 1.81. The molecule has 0 aromatic carbocycles. The van der Waals surface area contributed by atoms with Crippen molar-refractivity contribution in [1.29, 1.82) is 0 Å². The Labute approximate surface area is 130 Å². The number of nitrogens with one attached hydrogen (secondary N) is 3. The molecular weight excluding hydrogens is 308 g/mol. The first-order valence-corrected chi connectivity index (χ1v) is 10.0. The standard InChI is InChI=1S/C13H24N4O2S2/c1-4-14-8-12-13(9(2)15-16-12)21(18,19)17-10-5-6-11(7-10)20-3/h10-11,14,17H,4-8H2,1-3H3,(H,15,16). The zero-order valence-corrected chi connectivity index (χ0v) is 14.4. The first kappa shape index (κ1) is 16.8. The van der Waals surface area contributed by atoms with Crippen LogP contribution in [0.1, 0.15) is 37.6 Å². The van der Waals surface area contributed by atoms with Crippen molar-refractivity contribution >= 4 is 21.8 Å². The van der Waals surface area contributed by atoms with Crippen LogP contribution in [0.3, 0.4) is 0 Å². The maximum atomic E-state index is 12.6. The van der Waals surface area contributed by atoms with Gasteiger partial charge in [-0.3, -0.25) is 5.10 Å². The van der Waals surface area contributed by atoms with E-state index < -0.39 is 10.0 Å². The Morgan fingerprint density at radius 1 is 1.43 bits per heavy atom. The van der Waals surface area contributed by atoms with Crippen LogP contribution in [0.2, 0.25) is 0 Å². The molecule has 1 heterocycles. The molecule has 0 radical (unpaired) electrons. The fraction of sp³-hybridized carbons (Fsp3) is 0.769. The molecule has 21 heavy (non-hydrogen) atoms. The molecule has 1 aromatic heterocycles. The van der Waals surface area contributed by atoms with Crippen molar-refractivity contribution in [2.45, 2.75) is 55.8 Å². The Morgan fingerprint density at radius 2 is 2.19 bits per heavy atom. The van der Waals surface area contributed by atoms with E-state index in [1.165, 1.54) is 0 Å². The van der Waals surface area contributed by atoms with Gasteiger partial charge in [-0.15, -0.1) is 0 Å². The number of sulfonamides is 1. The van der Waals surface area contributed by atoms with Crippen molar-refractivity contribution in [3.05, 3.63) is 11.4 Å². The van der Waals surface area contributed by atoms with Crippen LogP contribution in [0.25, 0.3) is 0 Å². The second-order valence-electron chi connectivity index (χ2n) is 5.39. The number of hydrogen-bond acceptors (Lipinski definition) is 5. The van der Waals surface area contributed by atoms with Gasteiger partial charge in [-0.2, -0.15) is 16.9 Å². The fourth-order valence-electron chi connectivity index (χ4n) is 2.73. The lowest BCUT2D eigenvalue weighted by atomic mass is 10.3. The van der Waals surface area contributed by atoms with E-state index in [-0.39, 0.29) is 6.04 Å². The maximum absolute atomic E-state index is 12.6. The van der Waals surface area contributed by atoms with E-state index in [9.17, 15) is 8.42 Å². The van der Waals surface area contributed by atoms with Crippen LogP contribution in [0, 0.1) is 6.92 Å². The number of aromatic amines is 1. The summed E-state index contributed by atoms with van der Waals surface area (Å²) in [6, 6.07) is 0.0359. The Morgan fingerprint density at radius 3 is 2.81 bits per heavy atom. The fourth-order valence-corrected chi connectivity index (χ4v) is 5.17. The molecule has 8 heteroatoms. The molecule has 1 fully saturated rings. The third-order valence-electron chi connectivity index (χ3n) is 3.81. The second kappa shape index (κ2) is 7.13. The van der Waals surface area contributed by atoms with Crippen LogP contribution in [-0.2, 0) is 16.6 Å². The summed E-state index contributed by atoms with van der Waals surface area (Å²) in [6.45, 7) is 4.95. The molecule has 120 valence electrons. The number of aromatic nitrogens is 2. The first-order chi connectivity index (χ1) is 9.97. The number of nitrogens with zero attached hydrogens (tertiary/aromatic N) is 1.